The molecule has 0 aliphatic rings. The zero-order valence-electron chi connectivity index (χ0n) is 10.2. The van der Waals surface area contributed by atoms with Crippen molar-refractivity contribution in [2.75, 3.05) is 5.32 Å². The highest BCUT2D eigenvalue weighted by atomic mass is 35.5. The number of nitrogens with zero attached hydrogens (tertiary/aromatic N) is 3. The van der Waals surface area contributed by atoms with Crippen molar-refractivity contribution in [3.63, 3.8) is 0 Å². The lowest BCUT2D eigenvalue weighted by Gasteiger charge is -2.08. The van der Waals surface area contributed by atoms with Gasteiger partial charge in [-0.05, 0) is 12.5 Å². The standard InChI is InChI=1S/C12H12Cl2N4O/c1-2-5-18-7-8(13)6-9(18)12(19)17-11-10(14)15-3-4-16-11/h3-4,6-7H,2,5H2,1H3,(H,16,17,19). The van der Waals surface area contributed by atoms with Crippen LogP contribution in [-0.4, -0.2) is 20.4 Å². The summed E-state index contributed by atoms with van der Waals surface area (Å²) in [6.45, 7) is 2.73. The number of rotatable bonds is 4. The maximum atomic E-state index is 12.2. The Hall–Kier alpha value is -1.59. The first-order chi connectivity index (χ1) is 9.11. The van der Waals surface area contributed by atoms with Gasteiger partial charge >= 0.3 is 0 Å². The van der Waals surface area contributed by atoms with Crippen LogP contribution >= 0.6 is 23.2 Å². The Morgan fingerprint density at radius 2 is 2.11 bits per heavy atom. The number of carbonyl (C=O) groups is 1. The molecule has 100 valence electrons. The van der Waals surface area contributed by atoms with Crippen molar-refractivity contribution in [2.45, 2.75) is 19.9 Å². The number of aryl methyl sites for hydroxylation is 1. The molecule has 0 radical (unpaired) electrons. The minimum atomic E-state index is -0.317. The van der Waals surface area contributed by atoms with E-state index in [-0.39, 0.29) is 16.9 Å². The van der Waals surface area contributed by atoms with Crippen LogP contribution in [0, 0.1) is 0 Å². The molecule has 0 bridgehead atoms. The van der Waals surface area contributed by atoms with E-state index in [9.17, 15) is 4.79 Å². The quantitative estimate of drug-likeness (QED) is 0.942. The molecule has 0 saturated heterocycles. The minimum absolute atomic E-state index is 0.149. The van der Waals surface area contributed by atoms with Crippen molar-refractivity contribution < 1.29 is 4.79 Å². The summed E-state index contributed by atoms with van der Waals surface area (Å²) in [6, 6.07) is 1.61. The van der Waals surface area contributed by atoms with E-state index in [1.165, 1.54) is 12.4 Å². The molecule has 1 amide bonds. The van der Waals surface area contributed by atoms with E-state index in [1.807, 2.05) is 6.92 Å². The number of carbonyl (C=O) groups excluding carboxylic acids is 1. The van der Waals surface area contributed by atoms with Crippen LogP contribution in [0.5, 0.6) is 0 Å². The molecule has 2 aromatic heterocycles. The van der Waals surface area contributed by atoms with E-state index in [0.29, 0.717) is 17.3 Å². The van der Waals surface area contributed by atoms with Gasteiger partial charge in [0.1, 0.15) is 5.69 Å². The number of aromatic nitrogens is 3. The number of nitrogens with one attached hydrogen (secondary N) is 1. The second-order valence-corrected chi connectivity index (χ2v) is 4.68. The first-order valence-electron chi connectivity index (χ1n) is 5.75. The summed E-state index contributed by atoms with van der Waals surface area (Å²) in [7, 11) is 0. The molecule has 0 unspecified atom stereocenters. The lowest BCUT2D eigenvalue weighted by atomic mass is 10.3. The predicted molar refractivity (Wildman–Crippen MR) is 74.7 cm³/mol. The van der Waals surface area contributed by atoms with Crippen LogP contribution in [0.25, 0.3) is 0 Å². The Morgan fingerprint density at radius 3 is 2.79 bits per heavy atom. The zero-order chi connectivity index (χ0) is 13.8. The Bertz CT molecular complexity index is 597. The molecule has 7 heteroatoms. The van der Waals surface area contributed by atoms with Gasteiger partial charge in [-0.3, -0.25) is 4.79 Å². The zero-order valence-corrected chi connectivity index (χ0v) is 11.7. The fraction of sp³-hybridized carbons (Fsp3) is 0.250. The Balaban J connectivity index is 2.23. The summed E-state index contributed by atoms with van der Waals surface area (Å²) in [5, 5.41) is 3.28. The molecule has 5 nitrogen and oxygen atoms in total. The van der Waals surface area contributed by atoms with E-state index in [4.69, 9.17) is 23.2 Å². The Kier molecular flexibility index (Phi) is 4.39. The number of hydrogen-bond acceptors (Lipinski definition) is 3. The minimum Gasteiger partial charge on any atom is -0.342 e. The van der Waals surface area contributed by atoms with Crippen LogP contribution in [0.4, 0.5) is 5.82 Å². The lowest BCUT2D eigenvalue weighted by molar-refractivity contribution is 0.101. The van der Waals surface area contributed by atoms with Crippen LogP contribution in [-0.2, 0) is 6.54 Å². The monoisotopic (exact) mass is 298 g/mol. The molecule has 2 heterocycles. The van der Waals surface area contributed by atoms with E-state index in [0.717, 1.165) is 6.42 Å². The first-order valence-corrected chi connectivity index (χ1v) is 6.51. The third-order valence-corrected chi connectivity index (χ3v) is 2.93. The van der Waals surface area contributed by atoms with Gasteiger partial charge in [0.2, 0.25) is 0 Å². The summed E-state index contributed by atoms with van der Waals surface area (Å²) in [5.74, 6) is -0.0858. The molecule has 0 aromatic carbocycles. The van der Waals surface area contributed by atoms with Crippen LogP contribution in [0.3, 0.4) is 0 Å². The predicted octanol–water partition coefficient (Wildman–Crippen LogP) is 3.25. The fourth-order valence-electron chi connectivity index (χ4n) is 1.67. The molecule has 0 aliphatic heterocycles. The molecule has 1 N–H and O–H groups in total. The smallest absolute Gasteiger partial charge is 0.273 e. The summed E-state index contributed by atoms with van der Waals surface area (Å²) in [6.07, 6.45) is 5.53. The highest BCUT2D eigenvalue weighted by molar-refractivity contribution is 6.32. The van der Waals surface area contributed by atoms with Crippen LogP contribution in [0.1, 0.15) is 23.8 Å². The number of hydrogen-bond donors (Lipinski definition) is 1. The van der Waals surface area contributed by atoms with Gasteiger partial charge in [0.25, 0.3) is 5.91 Å². The SMILES string of the molecule is CCCn1cc(Cl)cc1C(=O)Nc1nccnc1Cl. The summed E-state index contributed by atoms with van der Waals surface area (Å²) < 4.78 is 1.79. The van der Waals surface area contributed by atoms with Crippen molar-refractivity contribution >= 4 is 34.9 Å². The largest absolute Gasteiger partial charge is 0.342 e. The summed E-state index contributed by atoms with van der Waals surface area (Å²) >= 11 is 11.8. The second kappa shape index (κ2) is 6.04. The Morgan fingerprint density at radius 1 is 1.37 bits per heavy atom. The number of amides is 1. The van der Waals surface area contributed by atoms with Crippen molar-refractivity contribution in [1.29, 1.82) is 0 Å². The second-order valence-electron chi connectivity index (χ2n) is 3.89. The van der Waals surface area contributed by atoms with Gasteiger partial charge in [-0.1, -0.05) is 30.1 Å². The molecule has 0 aliphatic carbocycles. The van der Waals surface area contributed by atoms with Crippen molar-refractivity contribution in [1.82, 2.24) is 14.5 Å². The normalized spacial score (nSPS) is 10.5. The summed E-state index contributed by atoms with van der Waals surface area (Å²) in [5.41, 5.74) is 0.466. The molecule has 0 saturated carbocycles. The van der Waals surface area contributed by atoms with Gasteiger partial charge in [0.05, 0.1) is 5.02 Å². The maximum Gasteiger partial charge on any atom is 0.273 e. The third-order valence-electron chi connectivity index (χ3n) is 2.45. The molecular formula is C12H12Cl2N4O. The molecule has 0 spiro atoms. The molecule has 0 atom stereocenters. The first kappa shape index (κ1) is 13.8. The van der Waals surface area contributed by atoms with E-state index < -0.39 is 0 Å². The topological polar surface area (TPSA) is 59.8 Å². The molecule has 2 aromatic rings. The van der Waals surface area contributed by atoms with Crippen molar-refractivity contribution in [3.05, 3.63) is 40.5 Å². The van der Waals surface area contributed by atoms with Gasteiger partial charge < -0.3 is 9.88 Å². The Labute approximate surface area is 120 Å². The van der Waals surface area contributed by atoms with Crippen LogP contribution in [0.2, 0.25) is 10.2 Å². The van der Waals surface area contributed by atoms with Gasteiger partial charge in [-0.15, -0.1) is 0 Å². The highest BCUT2D eigenvalue weighted by Gasteiger charge is 2.15. The highest BCUT2D eigenvalue weighted by Crippen LogP contribution is 2.18. The molecule has 0 fully saturated rings. The van der Waals surface area contributed by atoms with Gasteiger partial charge in [-0.25, -0.2) is 9.97 Å². The van der Waals surface area contributed by atoms with Crippen molar-refractivity contribution in [3.8, 4) is 0 Å². The number of halogens is 2. The van der Waals surface area contributed by atoms with Crippen LogP contribution < -0.4 is 5.32 Å². The molecule has 2 rings (SSSR count). The maximum absolute atomic E-state index is 12.2. The van der Waals surface area contributed by atoms with E-state index in [2.05, 4.69) is 15.3 Å². The fourth-order valence-corrected chi connectivity index (χ4v) is 2.04. The molecule has 19 heavy (non-hydrogen) atoms. The molecular weight excluding hydrogens is 287 g/mol. The average Bonchev–Trinajstić information content (AvgIpc) is 2.74. The average molecular weight is 299 g/mol. The lowest BCUT2D eigenvalue weighted by Crippen LogP contribution is -2.17. The van der Waals surface area contributed by atoms with Gasteiger partial charge in [0.15, 0.2) is 11.0 Å². The van der Waals surface area contributed by atoms with E-state index >= 15 is 0 Å². The summed E-state index contributed by atoms with van der Waals surface area (Å²) in [4.78, 5) is 20.0. The van der Waals surface area contributed by atoms with Gasteiger partial charge in [0, 0.05) is 25.1 Å². The van der Waals surface area contributed by atoms with Crippen LogP contribution in [0.15, 0.2) is 24.7 Å². The van der Waals surface area contributed by atoms with E-state index in [1.54, 1.807) is 16.8 Å². The van der Waals surface area contributed by atoms with Crippen molar-refractivity contribution in [2.24, 2.45) is 0 Å². The van der Waals surface area contributed by atoms with Gasteiger partial charge in [-0.2, -0.15) is 0 Å². The third kappa shape index (κ3) is 3.24. The number of anilines is 1.